The predicted octanol–water partition coefficient (Wildman–Crippen LogP) is 2.40. The quantitative estimate of drug-likeness (QED) is 0.699. The van der Waals surface area contributed by atoms with Gasteiger partial charge in [0.1, 0.15) is 11.6 Å². The average Bonchev–Trinajstić information content (AvgIpc) is 2.17. The number of rotatable bonds is 0. The first-order chi connectivity index (χ1) is 6.61. The van der Waals surface area contributed by atoms with E-state index in [9.17, 15) is 0 Å². The molecule has 5 heteroatoms. The molecule has 14 heavy (non-hydrogen) atoms. The zero-order chi connectivity index (χ0) is 10.3. The number of nitrogen functional groups attached to an aromatic ring is 1. The van der Waals surface area contributed by atoms with E-state index in [1.165, 1.54) is 0 Å². The molecule has 0 saturated heterocycles. The van der Waals surface area contributed by atoms with Gasteiger partial charge in [-0.05, 0) is 6.07 Å². The lowest BCUT2D eigenvalue weighted by Gasteiger charge is -2.29. The van der Waals surface area contributed by atoms with Crippen molar-refractivity contribution in [2.24, 2.45) is 0 Å². The molecule has 0 radical (unpaired) electrons. The van der Waals surface area contributed by atoms with Gasteiger partial charge in [0, 0.05) is 7.05 Å². The Morgan fingerprint density at radius 1 is 1.43 bits per heavy atom. The Hall–Kier alpha value is -0.800. The summed E-state index contributed by atoms with van der Waals surface area (Å²) in [5, 5.41) is 0.758. The van der Waals surface area contributed by atoms with Crippen molar-refractivity contribution in [3.63, 3.8) is 0 Å². The highest BCUT2D eigenvalue weighted by Gasteiger charge is 2.21. The third-order valence-electron chi connectivity index (χ3n) is 2.25. The van der Waals surface area contributed by atoms with E-state index < -0.39 is 0 Å². The van der Waals surface area contributed by atoms with Gasteiger partial charge in [-0.3, -0.25) is 0 Å². The first kappa shape index (κ1) is 9.74. The van der Waals surface area contributed by atoms with Crippen molar-refractivity contribution in [1.29, 1.82) is 0 Å². The van der Waals surface area contributed by atoms with Crippen molar-refractivity contribution in [2.75, 3.05) is 30.8 Å². The Morgan fingerprint density at radius 2 is 2.14 bits per heavy atom. The van der Waals surface area contributed by atoms with Gasteiger partial charge in [0.15, 0.2) is 5.75 Å². The summed E-state index contributed by atoms with van der Waals surface area (Å²) >= 11 is 11.9. The molecule has 0 aliphatic carbocycles. The molecular formula is C9H10Cl2N2O. The van der Waals surface area contributed by atoms with E-state index in [1.54, 1.807) is 6.07 Å². The summed E-state index contributed by atoms with van der Waals surface area (Å²) in [6.45, 7) is 1.44. The van der Waals surface area contributed by atoms with Crippen LogP contribution in [0, 0.1) is 0 Å². The minimum Gasteiger partial charge on any atom is -0.488 e. The number of hydrogen-bond acceptors (Lipinski definition) is 3. The molecule has 2 N–H and O–H groups in total. The van der Waals surface area contributed by atoms with Crippen LogP contribution in [0.25, 0.3) is 0 Å². The van der Waals surface area contributed by atoms with Crippen LogP contribution in [0.2, 0.25) is 10.0 Å². The van der Waals surface area contributed by atoms with Crippen molar-refractivity contribution >= 4 is 34.6 Å². The van der Waals surface area contributed by atoms with Crippen molar-refractivity contribution in [3.05, 3.63) is 16.1 Å². The van der Waals surface area contributed by atoms with Crippen LogP contribution in [0.3, 0.4) is 0 Å². The van der Waals surface area contributed by atoms with Crippen LogP contribution >= 0.6 is 23.2 Å². The maximum absolute atomic E-state index is 6.02. The van der Waals surface area contributed by atoms with Crippen LogP contribution in [-0.2, 0) is 0 Å². The number of anilines is 2. The fourth-order valence-corrected chi connectivity index (χ4v) is 1.84. The van der Waals surface area contributed by atoms with Gasteiger partial charge in [0.2, 0.25) is 0 Å². The molecule has 0 bridgehead atoms. The molecule has 1 aromatic carbocycles. The van der Waals surface area contributed by atoms with E-state index in [4.69, 9.17) is 33.7 Å². The van der Waals surface area contributed by atoms with Crippen molar-refractivity contribution in [2.45, 2.75) is 0 Å². The molecule has 1 aliphatic heterocycles. The third kappa shape index (κ3) is 1.37. The zero-order valence-electron chi connectivity index (χ0n) is 7.68. The minimum atomic E-state index is 0.362. The Bertz CT molecular complexity index is 382. The summed E-state index contributed by atoms with van der Waals surface area (Å²) < 4.78 is 5.45. The number of fused-ring (bicyclic) bond motifs is 1. The standard InChI is InChI=1S/C9H10Cl2N2O/c1-13-2-3-14-9-6(13)4-5(12)7(10)8(9)11/h4H,2-3,12H2,1H3. The summed E-state index contributed by atoms with van der Waals surface area (Å²) in [6, 6.07) is 1.78. The highest BCUT2D eigenvalue weighted by atomic mass is 35.5. The topological polar surface area (TPSA) is 38.5 Å². The summed E-state index contributed by atoms with van der Waals surface area (Å²) in [5.41, 5.74) is 7.08. The SMILES string of the molecule is CN1CCOc2c1cc(N)c(Cl)c2Cl. The van der Waals surface area contributed by atoms with Crippen LogP contribution in [0.15, 0.2) is 6.07 Å². The highest BCUT2D eigenvalue weighted by Crippen LogP contribution is 2.44. The number of likely N-dealkylation sites (N-methyl/N-ethyl adjacent to an activating group) is 1. The number of halogens is 2. The zero-order valence-corrected chi connectivity index (χ0v) is 9.19. The number of ether oxygens (including phenoxy) is 1. The molecule has 0 atom stereocenters. The molecule has 2 rings (SSSR count). The van der Waals surface area contributed by atoms with E-state index in [2.05, 4.69) is 0 Å². The summed E-state index contributed by atoms with van der Waals surface area (Å²) in [7, 11) is 1.96. The molecular weight excluding hydrogens is 223 g/mol. The van der Waals surface area contributed by atoms with E-state index >= 15 is 0 Å². The molecule has 0 amide bonds. The molecule has 1 heterocycles. The van der Waals surface area contributed by atoms with Gasteiger partial charge >= 0.3 is 0 Å². The molecule has 0 aromatic heterocycles. The van der Waals surface area contributed by atoms with Crippen LogP contribution in [0.1, 0.15) is 0 Å². The van der Waals surface area contributed by atoms with Gasteiger partial charge in [-0.25, -0.2) is 0 Å². The van der Waals surface area contributed by atoms with Gasteiger partial charge in [0.25, 0.3) is 0 Å². The smallest absolute Gasteiger partial charge is 0.162 e. The van der Waals surface area contributed by atoms with Gasteiger partial charge in [-0.1, -0.05) is 23.2 Å². The Kier molecular flexibility index (Phi) is 2.37. The normalized spacial score (nSPS) is 14.9. The Balaban J connectivity index is 2.63. The van der Waals surface area contributed by atoms with E-state index in [-0.39, 0.29) is 0 Å². The van der Waals surface area contributed by atoms with Crippen molar-refractivity contribution < 1.29 is 4.74 Å². The predicted molar refractivity (Wildman–Crippen MR) is 59.6 cm³/mol. The summed E-state index contributed by atoms with van der Waals surface area (Å²) in [4.78, 5) is 2.04. The average molecular weight is 233 g/mol. The van der Waals surface area contributed by atoms with E-state index in [0.29, 0.717) is 28.1 Å². The molecule has 0 unspecified atom stereocenters. The second-order valence-electron chi connectivity index (χ2n) is 3.21. The van der Waals surface area contributed by atoms with Crippen LogP contribution in [0.5, 0.6) is 5.75 Å². The largest absolute Gasteiger partial charge is 0.488 e. The third-order valence-corrected chi connectivity index (χ3v) is 3.12. The Labute approximate surface area is 92.3 Å². The molecule has 3 nitrogen and oxygen atoms in total. The van der Waals surface area contributed by atoms with Gasteiger partial charge in [-0.15, -0.1) is 0 Å². The molecule has 76 valence electrons. The van der Waals surface area contributed by atoms with Gasteiger partial charge < -0.3 is 15.4 Å². The van der Waals surface area contributed by atoms with Crippen LogP contribution in [0.4, 0.5) is 11.4 Å². The molecule has 1 aliphatic rings. The monoisotopic (exact) mass is 232 g/mol. The van der Waals surface area contributed by atoms with Gasteiger partial charge in [0.05, 0.1) is 22.9 Å². The van der Waals surface area contributed by atoms with Crippen LogP contribution < -0.4 is 15.4 Å². The fraction of sp³-hybridized carbons (Fsp3) is 0.333. The number of nitrogens with two attached hydrogens (primary N) is 1. The van der Waals surface area contributed by atoms with Crippen LogP contribution in [-0.4, -0.2) is 20.2 Å². The first-order valence-corrected chi connectivity index (χ1v) is 4.98. The minimum absolute atomic E-state index is 0.362. The second-order valence-corrected chi connectivity index (χ2v) is 3.97. The summed E-state index contributed by atoms with van der Waals surface area (Å²) in [6.07, 6.45) is 0. The number of nitrogens with zero attached hydrogens (tertiary/aromatic N) is 1. The second kappa shape index (κ2) is 3.41. The highest BCUT2D eigenvalue weighted by molar-refractivity contribution is 6.45. The maximum Gasteiger partial charge on any atom is 0.162 e. The molecule has 1 aromatic rings. The summed E-state index contributed by atoms with van der Waals surface area (Å²) in [5.74, 6) is 0.625. The molecule has 0 saturated carbocycles. The Morgan fingerprint density at radius 3 is 2.86 bits per heavy atom. The van der Waals surface area contributed by atoms with E-state index in [1.807, 2.05) is 11.9 Å². The number of hydrogen-bond donors (Lipinski definition) is 1. The van der Waals surface area contributed by atoms with Crippen molar-refractivity contribution in [3.8, 4) is 5.75 Å². The lowest BCUT2D eigenvalue weighted by Crippen LogP contribution is -2.29. The number of benzene rings is 1. The first-order valence-electron chi connectivity index (χ1n) is 4.22. The molecule has 0 fully saturated rings. The van der Waals surface area contributed by atoms with Gasteiger partial charge in [-0.2, -0.15) is 0 Å². The lowest BCUT2D eigenvalue weighted by atomic mass is 10.2. The molecule has 0 spiro atoms. The lowest BCUT2D eigenvalue weighted by molar-refractivity contribution is 0.311. The fourth-order valence-electron chi connectivity index (χ4n) is 1.44. The van der Waals surface area contributed by atoms with E-state index in [0.717, 1.165) is 12.2 Å². The maximum atomic E-state index is 6.02. The van der Waals surface area contributed by atoms with Crippen molar-refractivity contribution in [1.82, 2.24) is 0 Å².